The molecule has 0 N–H and O–H groups in total. The van der Waals surface area contributed by atoms with Gasteiger partial charge in [0.25, 0.3) is 0 Å². The van der Waals surface area contributed by atoms with Gasteiger partial charge in [-0.1, -0.05) is 109 Å². The molecule has 0 spiro atoms. The van der Waals surface area contributed by atoms with E-state index < -0.39 is 0 Å². The topological polar surface area (TPSA) is 3.24 Å². The number of rotatable bonds is 1. The summed E-state index contributed by atoms with van der Waals surface area (Å²) >= 11 is 0. The predicted molar refractivity (Wildman–Crippen MR) is 181 cm³/mol. The van der Waals surface area contributed by atoms with Crippen molar-refractivity contribution < 1.29 is 0 Å². The number of hydrogen-bond donors (Lipinski definition) is 0. The van der Waals surface area contributed by atoms with Crippen molar-refractivity contribution in [2.45, 2.75) is 12.8 Å². The second-order valence-electron chi connectivity index (χ2n) is 11.7. The zero-order valence-corrected chi connectivity index (χ0v) is 23.6. The van der Waals surface area contributed by atoms with Crippen LogP contribution in [0.25, 0.3) is 65.0 Å². The third-order valence-corrected chi connectivity index (χ3v) is 9.50. The fourth-order valence-electron chi connectivity index (χ4n) is 7.54. The Bertz CT molecular complexity index is 2360. The second-order valence-corrected chi connectivity index (χ2v) is 11.7. The summed E-state index contributed by atoms with van der Waals surface area (Å²) in [7, 11) is 2.20. The summed E-state index contributed by atoms with van der Waals surface area (Å²) in [4.78, 5) is 2.36. The number of anilines is 2. The Hall–Kier alpha value is -5.14. The summed E-state index contributed by atoms with van der Waals surface area (Å²) in [5, 5.41) is 13.2. The van der Waals surface area contributed by atoms with E-state index in [1.54, 1.807) is 0 Å². The van der Waals surface area contributed by atoms with E-state index in [4.69, 9.17) is 0 Å². The lowest BCUT2D eigenvalue weighted by atomic mass is 9.86. The van der Waals surface area contributed by atoms with Crippen LogP contribution >= 0.6 is 0 Å². The summed E-state index contributed by atoms with van der Waals surface area (Å²) < 4.78 is 0. The maximum absolute atomic E-state index is 2.45. The highest BCUT2D eigenvalue weighted by atomic mass is 15.1. The number of fused-ring (bicyclic) bond motifs is 13. The fourth-order valence-corrected chi connectivity index (χ4v) is 7.54. The van der Waals surface area contributed by atoms with Gasteiger partial charge in [0.05, 0.1) is 0 Å². The Morgan fingerprint density at radius 2 is 0.833 bits per heavy atom. The van der Waals surface area contributed by atoms with E-state index in [2.05, 4.69) is 145 Å². The van der Waals surface area contributed by atoms with Gasteiger partial charge in [0.1, 0.15) is 0 Å². The maximum Gasteiger partial charge on any atom is 0.0441 e. The molecule has 8 aromatic carbocycles. The van der Waals surface area contributed by atoms with Crippen molar-refractivity contribution >= 4 is 65.2 Å². The van der Waals surface area contributed by atoms with Gasteiger partial charge in [-0.2, -0.15) is 0 Å². The third kappa shape index (κ3) is 3.31. The molecule has 0 amide bonds. The molecule has 0 saturated carbocycles. The van der Waals surface area contributed by atoms with Gasteiger partial charge in [-0.15, -0.1) is 0 Å². The molecule has 42 heavy (non-hydrogen) atoms. The molecular formula is C41H29N. The van der Waals surface area contributed by atoms with Gasteiger partial charge in [0.15, 0.2) is 0 Å². The smallest absolute Gasteiger partial charge is 0.0441 e. The molecule has 0 radical (unpaired) electrons. The Balaban J connectivity index is 1.34. The van der Waals surface area contributed by atoms with E-state index in [0.717, 1.165) is 12.8 Å². The molecule has 198 valence electrons. The largest absolute Gasteiger partial charge is 0.344 e. The van der Waals surface area contributed by atoms with Crippen LogP contribution in [-0.4, -0.2) is 7.05 Å². The molecular weight excluding hydrogens is 506 g/mol. The third-order valence-electron chi connectivity index (χ3n) is 9.50. The highest BCUT2D eigenvalue weighted by Gasteiger charge is 2.19. The molecule has 9 rings (SSSR count). The summed E-state index contributed by atoms with van der Waals surface area (Å²) in [5.41, 5.74) is 7.99. The summed E-state index contributed by atoms with van der Waals surface area (Å²) in [6.45, 7) is 0. The van der Waals surface area contributed by atoms with Gasteiger partial charge >= 0.3 is 0 Å². The first-order chi connectivity index (χ1) is 20.8. The van der Waals surface area contributed by atoms with Crippen LogP contribution < -0.4 is 4.90 Å². The van der Waals surface area contributed by atoms with Crippen LogP contribution in [0.4, 0.5) is 11.4 Å². The SMILES string of the molecule is CN1c2ccccc2CCc2cc(-c3ccc4c5ccccc5c5c6ccccc6c6ccccc6c5c4c3)ccc21. The molecule has 8 aromatic rings. The highest BCUT2D eigenvalue weighted by Crippen LogP contribution is 2.45. The Kier molecular flexibility index (Phi) is 5.01. The van der Waals surface area contributed by atoms with Crippen LogP contribution in [0.5, 0.6) is 0 Å². The molecule has 0 bridgehead atoms. The Morgan fingerprint density at radius 1 is 0.381 bits per heavy atom. The van der Waals surface area contributed by atoms with E-state index in [-0.39, 0.29) is 0 Å². The van der Waals surface area contributed by atoms with E-state index in [9.17, 15) is 0 Å². The van der Waals surface area contributed by atoms with E-state index in [1.807, 2.05) is 0 Å². The molecule has 1 aliphatic rings. The zero-order chi connectivity index (χ0) is 27.8. The van der Waals surface area contributed by atoms with E-state index >= 15 is 0 Å². The number of para-hydroxylation sites is 1. The standard InChI is InChI=1S/C41H29N/c1-42-38-17-9-2-10-26(38)18-19-29-24-27(21-23-39(29)42)28-20-22-33-32-13-5-7-15-35(32)40-34-14-6-3-11-30(34)31-12-4-8-16-36(31)41(40)37(33)25-28/h2-17,20-25H,18-19H2,1H3. The summed E-state index contributed by atoms with van der Waals surface area (Å²) in [5.74, 6) is 0. The monoisotopic (exact) mass is 535 g/mol. The van der Waals surface area contributed by atoms with Crippen LogP contribution in [0.3, 0.4) is 0 Å². The molecule has 0 unspecified atom stereocenters. The fraction of sp³-hybridized carbons (Fsp3) is 0.0732. The van der Waals surface area contributed by atoms with Crippen molar-refractivity contribution in [2.24, 2.45) is 0 Å². The average molecular weight is 536 g/mol. The molecule has 0 fully saturated rings. The summed E-state index contributed by atoms with van der Waals surface area (Å²) in [6, 6.07) is 49.8. The van der Waals surface area contributed by atoms with Gasteiger partial charge in [0, 0.05) is 18.4 Å². The normalized spacial score (nSPS) is 13.1. The minimum absolute atomic E-state index is 1.04. The van der Waals surface area contributed by atoms with Crippen LogP contribution in [0, 0.1) is 0 Å². The quantitative estimate of drug-likeness (QED) is 0.189. The van der Waals surface area contributed by atoms with Gasteiger partial charge < -0.3 is 4.90 Å². The van der Waals surface area contributed by atoms with Crippen molar-refractivity contribution in [3.05, 3.63) is 145 Å². The Morgan fingerprint density at radius 3 is 1.50 bits per heavy atom. The maximum atomic E-state index is 2.45. The lowest BCUT2D eigenvalue weighted by Crippen LogP contribution is -2.11. The van der Waals surface area contributed by atoms with E-state index in [0.29, 0.717) is 0 Å². The van der Waals surface area contributed by atoms with Crippen molar-refractivity contribution in [3.63, 3.8) is 0 Å². The molecule has 0 saturated heterocycles. The first-order valence-corrected chi connectivity index (χ1v) is 14.9. The molecule has 0 aliphatic carbocycles. The number of nitrogens with zero attached hydrogens (tertiary/aromatic N) is 1. The second kappa shape index (κ2) is 8.93. The minimum Gasteiger partial charge on any atom is -0.344 e. The minimum atomic E-state index is 1.04. The lowest BCUT2D eigenvalue weighted by Gasteiger charge is -2.22. The average Bonchev–Trinajstić information content (AvgIpc) is 3.20. The van der Waals surface area contributed by atoms with Gasteiger partial charge in [0.2, 0.25) is 0 Å². The van der Waals surface area contributed by atoms with Gasteiger partial charge in [-0.3, -0.25) is 0 Å². The molecule has 1 heterocycles. The molecule has 0 aromatic heterocycles. The van der Waals surface area contributed by atoms with Gasteiger partial charge in [-0.05, 0) is 113 Å². The molecule has 0 atom stereocenters. The number of hydrogen-bond acceptors (Lipinski definition) is 1. The molecule has 1 heteroatoms. The summed E-state index contributed by atoms with van der Waals surface area (Å²) in [6.07, 6.45) is 2.10. The van der Waals surface area contributed by atoms with Crippen molar-refractivity contribution in [2.75, 3.05) is 11.9 Å². The lowest BCUT2D eigenvalue weighted by molar-refractivity contribution is 0.978. The number of benzene rings is 8. The zero-order valence-electron chi connectivity index (χ0n) is 23.6. The molecule has 1 nitrogen and oxygen atoms in total. The van der Waals surface area contributed by atoms with Gasteiger partial charge in [-0.25, -0.2) is 0 Å². The number of aryl methyl sites for hydroxylation is 2. The Labute approximate surface area is 245 Å². The van der Waals surface area contributed by atoms with Crippen molar-refractivity contribution in [3.8, 4) is 11.1 Å². The van der Waals surface area contributed by atoms with Crippen LogP contribution in [0.15, 0.2) is 133 Å². The first kappa shape index (κ1) is 23.6. The van der Waals surface area contributed by atoms with Crippen LogP contribution in [0.1, 0.15) is 11.1 Å². The predicted octanol–water partition coefficient (Wildman–Crippen LogP) is 11.0. The van der Waals surface area contributed by atoms with Crippen LogP contribution in [0.2, 0.25) is 0 Å². The highest BCUT2D eigenvalue weighted by molar-refractivity contribution is 6.39. The van der Waals surface area contributed by atoms with E-state index in [1.165, 1.54) is 87.5 Å². The molecule has 1 aliphatic heterocycles. The van der Waals surface area contributed by atoms with Crippen molar-refractivity contribution in [1.29, 1.82) is 0 Å². The van der Waals surface area contributed by atoms with Crippen LogP contribution in [-0.2, 0) is 12.8 Å². The first-order valence-electron chi connectivity index (χ1n) is 14.9. The van der Waals surface area contributed by atoms with Crippen molar-refractivity contribution in [1.82, 2.24) is 0 Å².